The van der Waals surface area contributed by atoms with Gasteiger partial charge >= 0.3 is 0 Å². The minimum absolute atomic E-state index is 0.00682. The maximum atomic E-state index is 9.30. The van der Waals surface area contributed by atoms with E-state index in [4.69, 9.17) is 14.7 Å². The molecule has 4 heteroatoms. The Kier molecular flexibility index (Phi) is 4.10. The molecule has 80 valence electrons. The van der Waals surface area contributed by atoms with Gasteiger partial charge < -0.3 is 14.6 Å². The van der Waals surface area contributed by atoms with Crippen LogP contribution < -0.4 is 0 Å². The number of hydrogen-bond acceptors (Lipinski definition) is 4. The van der Waals surface area contributed by atoms with Gasteiger partial charge in [-0.3, -0.25) is 0 Å². The van der Waals surface area contributed by atoms with Crippen molar-refractivity contribution in [1.29, 1.82) is 5.26 Å². The first-order chi connectivity index (χ1) is 7.21. The van der Waals surface area contributed by atoms with Crippen LogP contribution in [0.25, 0.3) is 0 Å². The molecule has 0 unspecified atom stereocenters. The molecule has 1 aromatic rings. The maximum absolute atomic E-state index is 9.30. The van der Waals surface area contributed by atoms with E-state index in [-0.39, 0.29) is 17.6 Å². The van der Waals surface area contributed by atoms with Gasteiger partial charge in [-0.25, -0.2) is 0 Å². The van der Waals surface area contributed by atoms with Crippen molar-refractivity contribution in [1.82, 2.24) is 0 Å². The van der Waals surface area contributed by atoms with Crippen LogP contribution in [0.2, 0.25) is 0 Å². The Bertz CT molecular complexity index is 367. The molecule has 4 nitrogen and oxygen atoms in total. The van der Waals surface area contributed by atoms with Crippen LogP contribution in [-0.4, -0.2) is 25.6 Å². The average molecular weight is 207 g/mol. The lowest BCUT2D eigenvalue weighted by molar-refractivity contribution is -0.100. The first-order valence-corrected chi connectivity index (χ1v) is 4.48. The molecule has 0 heterocycles. The van der Waals surface area contributed by atoms with Crippen LogP contribution in [0, 0.1) is 11.3 Å². The number of ether oxygens (including phenoxy) is 2. The number of phenolic OH excluding ortho intramolecular Hbond substituents is 1. The van der Waals surface area contributed by atoms with Gasteiger partial charge in [0, 0.05) is 20.6 Å². The lowest BCUT2D eigenvalue weighted by Gasteiger charge is -2.13. The standard InChI is InChI=1S/C11H13NO3/c1-14-11(15-2)6-8-3-4-10(13)9(5-8)7-12/h3-5,11,13H,6H2,1-2H3. The normalized spacial score (nSPS) is 10.3. The molecule has 1 aromatic carbocycles. The van der Waals surface area contributed by atoms with E-state index in [1.165, 1.54) is 6.07 Å². The molecule has 0 aliphatic heterocycles. The Balaban J connectivity index is 2.83. The summed E-state index contributed by atoms with van der Waals surface area (Å²) in [5, 5.41) is 18.0. The molecule has 0 atom stereocenters. The van der Waals surface area contributed by atoms with Crippen molar-refractivity contribution in [2.45, 2.75) is 12.7 Å². The van der Waals surface area contributed by atoms with E-state index in [1.54, 1.807) is 26.4 Å². The van der Waals surface area contributed by atoms with Crippen LogP contribution in [0.4, 0.5) is 0 Å². The fourth-order valence-corrected chi connectivity index (χ4v) is 1.26. The minimum Gasteiger partial charge on any atom is -0.507 e. The van der Waals surface area contributed by atoms with Gasteiger partial charge in [-0.15, -0.1) is 0 Å². The number of phenols is 1. The first-order valence-electron chi connectivity index (χ1n) is 4.48. The van der Waals surface area contributed by atoms with Gasteiger partial charge in [-0.2, -0.15) is 5.26 Å². The summed E-state index contributed by atoms with van der Waals surface area (Å²) in [4.78, 5) is 0. The molecule has 0 aromatic heterocycles. The van der Waals surface area contributed by atoms with Crippen molar-refractivity contribution in [3.63, 3.8) is 0 Å². The van der Waals surface area contributed by atoms with E-state index in [1.807, 2.05) is 6.07 Å². The number of nitriles is 1. The zero-order valence-corrected chi connectivity index (χ0v) is 8.73. The van der Waals surface area contributed by atoms with E-state index in [9.17, 15) is 5.11 Å². The summed E-state index contributed by atoms with van der Waals surface area (Å²) in [6.07, 6.45) is 0.211. The predicted molar refractivity (Wildman–Crippen MR) is 54.3 cm³/mol. The van der Waals surface area contributed by atoms with Crippen LogP contribution in [-0.2, 0) is 15.9 Å². The van der Waals surface area contributed by atoms with Gasteiger partial charge in [-0.05, 0) is 17.7 Å². The topological polar surface area (TPSA) is 62.5 Å². The summed E-state index contributed by atoms with van der Waals surface area (Å²) < 4.78 is 10.1. The Morgan fingerprint density at radius 1 is 1.40 bits per heavy atom. The smallest absolute Gasteiger partial charge is 0.160 e. The third kappa shape index (κ3) is 2.94. The van der Waals surface area contributed by atoms with Crippen LogP contribution in [0.1, 0.15) is 11.1 Å². The molecule has 0 aliphatic carbocycles. The largest absolute Gasteiger partial charge is 0.507 e. The molecule has 0 amide bonds. The number of methoxy groups -OCH3 is 2. The molecule has 0 radical (unpaired) electrons. The van der Waals surface area contributed by atoms with Crippen molar-refractivity contribution >= 4 is 0 Å². The lowest BCUT2D eigenvalue weighted by atomic mass is 10.1. The summed E-state index contributed by atoms with van der Waals surface area (Å²) in [7, 11) is 3.11. The Hall–Kier alpha value is -1.57. The molecule has 1 rings (SSSR count). The highest BCUT2D eigenvalue weighted by Gasteiger charge is 2.08. The summed E-state index contributed by atoms with van der Waals surface area (Å²) in [5.41, 5.74) is 1.15. The number of benzene rings is 1. The zero-order chi connectivity index (χ0) is 11.3. The lowest BCUT2D eigenvalue weighted by Crippen LogP contribution is -2.16. The fraction of sp³-hybridized carbons (Fsp3) is 0.364. The Morgan fingerprint density at radius 3 is 2.60 bits per heavy atom. The quantitative estimate of drug-likeness (QED) is 0.758. The van der Waals surface area contributed by atoms with E-state index in [0.29, 0.717) is 6.42 Å². The Labute approximate surface area is 88.7 Å². The van der Waals surface area contributed by atoms with Crippen LogP contribution in [0.15, 0.2) is 18.2 Å². The van der Waals surface area contributed by atoms with Crippen molar-refractivity contribution < 1.29 is 14.6 Å². The summed E-state index contributed by atoms with van der Waals surface area (Å²) in [6, 6.07) is 6.77. The molecular formula is C11H13NO3. The SMILES string of the molecule is COC(Cc1ccc(O)c(C#N)c1)OC. The molecule has 0 spiro atoms. The van der Waals surface area contributed by atoms with Crippen molar-refractivity contribution in [3.8, 4) is 11.8 Å². The summed E-state index contributed by atoms with van der Waals surface area (Å²) >= 11 is 0. The van der Waals surface area contributed by atoms with Crippen LogP contribution >= 0.6 is 0 Å². The molecule has 1 N–H and O–H groups in total. The highest BCUT2D eigenvalue weighted by molar-refractivity contribution is 5.44. The van der Waals surface area contributed by atoms with Gasteiger partial charge in [0.2, 0.25) is 0 Å². The fourth-order valence-electron chi connectivity index (χ4n) is 1.26. The number of nitrogens with zero attached hydrogens (tertiary/aromatic N) is 1. The Morgan fingerprint density at radius 2 is 2.07 bits per heavy atom. The highest BCUT2D eigenvalue weighted by atomic mass is 16.7. The molecule has 15 heavy (non-hydrogen) atoms. The minimum atomic E-state index is -0.332. The third-order valence-electron chi connectivity index (χ3n) is 2.11. The van der Waals surface area contributed by atoms with Crippen molar-refractivity contribution in [2.24, 2.45) is 0 Å². The van der Waals surface area contributed by atoms with Gasteiger partial charge in [0.25, 0.3) is 0 Å². The molecule has 0 fully saturated rings. The van der Waals surface area contributed by atoms with E-state index >= 15 is 0 Å². The van der Waals surface area contributed by atoms with Gasteiger partial charge in [0.15, 0.2) is 6.29 Å². The monoisotopic (exact) mass is 207 g/mol. The predicted octanol–water partition coefficient (Wildman–Crippen LogP) is 1.43. The second-order valence-electron chi connectivity index (χ2n) is 3.07. The number of hydrogen-bond donors (Lipinski definition) is 1. The van der Waals surface area contributed by atoms with E-state index in [2.05, 4.69) is 0 Å². The van der Waals surface area contributed by atoms with Crippen LogP contribution in [0.5, 0.6) is 5.75 Å². The third-order valence-corrected chi connectivity index (χ3v) is 2.11. The van der Waals surface area contributed by atoms with Gasteiger partial charge in [0.1, 0.15) is 11.8 Å². The van der Waals surface area contributed by atoms with Crippen molar-refractivity contribution in [2.75, 3.05) is 14.2 Å². The molecular weight excluding hydrogens is 194 g/mol. The summed E-state index contributed by atoms with van der Waals surface area (Å²) in [5.74, 6) is -0.00682. The summed E-state index contributed by atoms with van der Waals surface area (Å²) in [6.45, 7) is 0. The molecule has 0 saturated heterocycles. The second kappa shape index (κ2) is 5.35. The maximum Gasteiger partial charge on any atom is 0.160 e. The van der Waals surface area contributed by atoms with Crippen LogP contribution in [0.3, 0.4) is 0 Å². The number of aromatic hydroxyl groups is 1. The van der Waals surface area contributed by atoms with E-state index < -0.39 is 0 Å². The molecule has 0 bridgehead atoms. The molecule has 0 aliphatic rings. The first kappa shape index (κ1) is 11.5. The number of rotatable bonds is 4. The van der Waals surface area contributed by atoms with E-state index in [0.717, 1.165) is 5.56 Å². The highest BCUT2D eigenvalue weighted by Crippen LogP contribution is 2.18. The second-order valence-corrected chi connectivity index (χ2v) is 3.07. The zero-order valence-electron chi connectivity index (χ0n) is 8.73. The van der Waals surface area contributed by atoms with Gasteiger partial charge in [0.05, 0.1) is 5.56 Å². The average Bonchev–Trinajstić information content (AvgIpc) is 2.28. The van der Waals surface area contributed by atoms with Crippen molar-refractivity contribution in [3.05, 3.63) is 29.3 Å². The molecule has 0 saturated carbocycles. The van der Waals surface area contributed by atoms with Gasteiger partial charge in [-0.1, -0.05) is 6.07 Å².